The van der Waals surface area contributed by atoms with Crippen molar-refractivity contribution in [3.8, 4) is 11.5 Å². The second-order valence-electron chi connectivity index (χ2n) is 4.38. The highest BCUT2D eigenvalue weighted by molar-refractivity contribution is 5.99. The van der Waals surface area contributed by atoms with E-state index >= 15 is 0 Å². The second kappa shape index (κ2) is 5.65. The summed E-state index contributed by atoms with van der Waals surface area (Å²) in [5, 5.41) is 10.8. The lowest BCUT2D eigenvalue weighted by molar-refractivity contribution is -0.132. The predicted molar refractivity (Wildman–Crippen MR) is 78.3 cm³/mol. The molecule has 0 radical (unpaired) electrons. The molecule has 0 fully saturated rings. The van der Waals surface area contributed by atoms with Crippen molar-refractivity contribution in [2.75, 3.05) is 14.2 Å². The smallest absolute Gasteiger partial charge is 0.331 e. The molecular weight excluding hydrogens is 256 g/mol. The molecule has 1 N–H and O–H groups in total. The van der Waals surface area contributed by atoms with Crippen LogP contribution in [0.3, 0.4) is 0 Å². The lowest BCUT2D eigenvalue weighted by Gasteiger charge is -2.13. The first kappa shape index (κ1) is 13.9. The maximum Gasteiger partial charge on any atom is 0.331 e. The van der Waals surface area contributed by atoms with E-state index in [2.05, 4.69) is 0 Å². The summed E-state index contributed by atoms with van der Waals surface area (Å²) in [5.74, 6) is 0.368. The Kier molecular flexibility index (Phi) is 3.94. The Bertz CT molecular complexity index is 686. The van der Waals surface area contributed by atoms with Crippen LogP contribution in [0.2, 0.25) is 0 Å². The first-order chi connectivity index (χ1) is 9.58. The molecule has 4 nitrogen and oxygen atoms in total. The molecule has 0 aliphatic rings. The summed E-state index contributed by atoms with van der Waals surface area (Å²) in [6.07, 6.45) is 1.58. The number of benzene rings is 2. The molecule has 0 unspecified atom stereocenters. The Hall–Kier alpha value is -2.49. The minimum Gasteiger partial charge on any atom is -0.496 e. The lowest BCUT2D eigenvalue weighted by atomic mass is 10.0. The van der Waals surface area contributed by atoms with Crippen molar-refractivity contribution in [2.24, 2.45) is 0 Å². The predicted octanol–water partition coefficient (Wildman–Crippen LogP) is 3.34. The van der Waals surface area contributed by atoms with Crippen LogP contribution in [0.5, 0.6) is 11.5 Å². The van der Waals surface area contributed by atoms with Gasteiger partial charge in [-0.15, -0.1) is 0 Å². The minimum atomic E-state index is -0.959. The molecule has 2 aromatic rings. The van der Waals surface area contributed by atoms with Gasteiger partial charge in [-0.1, -0.05) is 24.3 Å². The first-order valence-corrected chi connectivity index (χ1v) is 6.13. The number of aliphatic carboxylic acids is 1. The van der Waals surface area contributed by atoms with E-state index in [1.54, 1.807) is 33.3 Å². The van der Waals surface area contributed by atoms with E-state index in [-0.39, 0.29) is 5.57 Å². The number of rotatable bonds is 4. The number of ether oxygens (including phenoxy) is 2. The van der Waals surface area contributed by atoms with Crippen molar-refractivity contribution in [3.63, 3.8) is 0 Å². The van der Waals surface area contributed by atoms with Crippen LogP contribution in [-0.2, 0) is 4.79 Å². The first-order valence-electron chi connectivity index (χ1n) is 6.13. The molecule has 104 valence electrons. The number of methoxy groups -OCH3 is 2. The van der Waals surface area contributed by atoms with E-state index in [1.807, 2.05) is 24.3 Å². The molecule has 0 aliphatic heterocycles. The van der Waals surface area contributed by atoms with Gasteiger partial charge in [-0.3, -0.25) is 0 Å². The average Bonchev–Trinajstić information content (AvgIpc) is 2.46. The maximum atomic E-state index is 11.0. The van der Waals surface area contributed by atoms with Crippen LogP contribution < -0.4 is 9.47 Å². The Morgan fingerprint density at radius 3 is 2.35 bits per heavy atom. The van der Waals surface area contributed by atoms with E-state index in [0.29, 0.717) is 17.1 Å². The van der Waals surface area contributed by atoms with Crippen LogP contribution in [0.25, 0.3) is 16.8 Å². The third-order valence-electron chi connectivity index (χ3n) is 3.12. The van der Waals surface area contributed by atoms with Gasteiger partial charge >= 0.3 is 5.97 Å². The molecule has 20 heavy (non-hydrogen) atoms. The highest BCUT2D eigenvalue weighted by Gasteiger charge is 2.12. The standard InChI is InChI=1S/C16H16O4/c1-10(16(17)18)8-11-9-14(19-2)12-6-4-5-7-13(12)15(11)20-3/h4-9H,1-3H3,(H,17,18). The van der Waals surface area contributed by atoms with Crippen molar-refractivity contribution < 1.29 is 19.4 Å². The zero-order chi connectivity index (χ0) is 14.7. The highest BCUT2D eigenvalue weighted by atomic mass is 16.5. The lowest BCUT2D eigenvalue weighted by Crippen LogP contribution is -1.97. The third kappa shape index (κ3) is 2.45. The third-order valence-corrected chi connectivity index (χ3v) is 3.12. The van der Waals surface area contributed by atoms with E-state index in [0.717, 1.165) is 10.8 Å². The number of carboxylic acid groups (broad SMARTS) is 1. The van der Waals surface area contributed by atoms with Crippen LogP contribution in [-0.4, -0.2) is 25.3 Å². The van der Waals surface area contributed by atoms with Gasteiger partial charge in [-0.25, -0.2) is 4.79 Å². The molecular formula is C16H16O4. The number of hydrogen-bond acceptors (Lipinski definition) is 3. The highest BCUT2D eigenvalue weighted by Crippen LogP contribution is 2.37. The molecule has 0 heterocycles. The largest absolute Gasteiger partial charge is 0.496 e. The molecule has 0 aromatic heterocycles. The van der Waals surface area contributed by atoms with Crippen LogP contribution in [0.1, 0.15) is 12.5 Å². The zero-order valence-electron chi connectivity index (χ0n) is 11.6. The minimum absolute atomic E-state index is 0.237. The van der Waals surface area contributed by atoms with E-state index in [9.17, 15) is 4.79 Å². The fraction of sp³-hybridized carbons (Fsp3) is 0.188. The summed E-state index contributed by atoms with van der Waals surface area (Å²) in [4.78, 5) is 11.0. The Balaban J connectivity index is 2.77. The van der Waals surface area contributed by atoms with Crippen molar-refractivity contribution in [3.05, 3.63) is 41.5 Å². The number of carboxylic acids is 1. The SMILES string of the molecule is COc1cc(C=C(C)C(=O)O)c(OC)c2ccccc12. The number of fused-ring (bicyclic) bond motifs is 1. The van der Waals surface area contributed by atoms with E-state index in [4.69, 9.17) is 14.6 Å². The fourth-order valence-corrected chi connectivity index (χ4v) is 2.13. The molecule has 0 amide bonds. The summed E-state index contributed by atoms with van der Waals surface area (Å²) >= 11 is 0. The topological polar surface area (TPSA) is 55.8 Å². The summed E-state index contributed by atoms with van der Waals surface area (Å²) in [5.41, 5.74) is 0.920. The van der Waals surface area contributed by atoms with Gasteiger partial charge in [0.25, 0.3) is 0 Å². The summed E-state index contributed by atoms with van der Waals surface area (Å²) in [7, 11) is 3.16. The quantitative estimate of drug-likeness (QED) is 0.867. The van der Waals surface area contributed by atoms with Crippen molar-refractivity contribution in [1.29, 1.82) is 0 Å². The van der Waals surface area contributed by atoms with Gasteiger partial charge in [0.05, 0.1) is 14.2 Å². The van der Waals surface area contributed by atoms with Gasteiger partial charge in [0.1, 0.15) is 11.5 Å². The molecule has 4 heteroatoms. The van der Waals surface area contributed by atoms with Crippen LogP contribution in [0, 0.1) is 0 Å². The molecule has 0 atom stereocenters. The number of carbonyl (C=O) groups is 1. The molecule has 2 rings (SSSR count). The zero-order valence-corrected chi connectivity index (χ0v) is 11.6. The van der Waals surface area contributed by atoms with E-state index in [1.165, 1.54) is 0 Å². The molecule has 0 aliphatic carbocycles. The Morgan fingerprint density at radius 1 is 1.15 bits per heavy atom. The van der Waals surface area contributed by atoms with Gasteiger partial charge in [-0.2, -0.15) is 0 Å². The van der Waals surface area contributed by atoms with Gasteiger partial charge in [0, 0.05) is 21.9 Å². The average molecular weight is 272 g/mol. The summed E-state index contributed by atoms with van der Waals surface area (Å²) in [6.45, 7) is 1.55. The summed E-state index contributed by atoms with van der Waals surface area (Å²) in [6, 6.07) is 9.47. The van der Waals surface area contributed by atoms with Gasteiger partial charge in [0.15, 0.2) is 0 Å². The fourth-order valence-electron chi connectivity index (χ4n) is 2.13. The summed E-state index contributed by atoms with van der Waals surface area (Å²) < 4.78 is 10.8. The normalized spacial score (nSPS) is 11.4. The van der Waals surface area contributed by atoms with Crippen LogP contribution in [0.4, 0.5) is 0 Å². The van der Waals surface area contributed by atoms with Crippen molar-refractivity contribution in [2.45, 2.75) is 6.92 Å². The molecule has 0 spiro atoms. The maximum absolute atomic E-state index is 11.0. The molecule has 2 aromatic carbocycles. The Morgan fingerprint density at radius 2 is 1.80 bits per heavy atom. The Labute approximate surface area is 117 Å². The molecule has 0 saturated heterocycles. The monoisotopic (exact) mass is 272 g/mol. The number of hydrogen-bond donors (Lipinski definition) is 1. The van der Waals surface area contributed by atoms with Gasteiger partial charge in [-0.05, 0) is 19.1 Å². The van der Waals surface area contributed by atoms with Crippen LogP contribution >= 0.6 is 0 Å². The van der Waals surface area contributed by atoms with Gasteiger partial charge in [0.2, 0.25) is 0 Å². The van der Waals surface area contributed by atoms with Gasteiger partial charge < -0.3 is 14.6 Å². The van der Waals surface area contributed by atoms with Crippen molar-refractivity contribution >= 4 is 22.8 Å². The second-order valence-corrected chi connectivity index (χ2v) is 4.38. The van der Waals surface area contributed by atoms with Crippen LogP contribution in [0.15, 0.2) is 35.9 Å². The van der Waals surface area contributed by atoms with Crippen molar-refractivity contribution in [1.82, 2.24) is 0 Å². The van der Waals surface area contributed by atoms with E-state index < -0.39 is 5.97 Å². The molecule has 0 saturated carbocycles. The molecule has 0 bridgehead atoms.